The molecule has 2 saturated heterocycles. The first kappa shape index (κ1) is 40.6. The van der Waals surface area contributed by atoms with Crippen LogP contribution in [-0.2, 0) is 9.59 Å². The fraction of sp³-hybridized carbons (Fsp3) is 0.468. The summed E-state index contributed by atoms with van der Waals surface area (Å²) in [5.41, 5.74) is 2.43. The Morgan fingerprint density at radius 2 is 1.53 bits per heavy atom. The molecule has 1 aromatic heterocycles. The lowest BCUT2D eigenvalue weighted by Crippen LogP contribution is -2.74. The van der Waals surface area contributed by atoms with Crippen molar-refractivity contribution in [2.45, 2.75) is 78.0 Å². The topological polar surface area (TPSA) is 128 Å². The van der Waals surface area contributed by atoms with E-state index >= 15 is 0 Å². The van der Waals surface area contributed by atoms with Gasteiger partial charge >= 0.3 is 0 Å². The van der Waals surface area contributed by atoms with Gasteiger partial charge in [0, 0.05) is 104 Å². The third kappa shape index (κ3) is 7.97. The van der Waals surface area contributed by atoms with Gasteiger partial charge in [0.1, 0.15) is 23.7 Å². The Balaban J connectivity index is 0.792. The smallest absolute Gasteiger partial charge is 0.259 e. The van der Waals surface area contributed by atoms with E-state index in [1.807, 2.05) is 30.3 Å². The first-order chi connectivity index (χ1) is 28.2. The fourth-order valence-electron chi connectivity index (χ4n) is 10.4. The van der Waals surface area contributed by atoms with Crippen LogP contribution in [0.3, 0.4) is 0 Å². The Bertz CT molecular complexity index is 2350. The maximum absolute atomic E-state index is 13.5. The summed E-state index contributed by atoms with van der Waals surface area (Å²) in [6.07, 6.45) is 4.43. The van der Waals surface area contributed by atoms with Gasteiger partial charge in [-0.25, -0.2) is 0 Å². The van der Waals surface area contributed by atoms with Gasteiger partial charge in [0.2, 0.25) is 0 Å². The van der Waals surface area contributed by atoms with Crippen molar-refractivity contribution in [3.05, 3.63) is 99.4 Å². The molecular formula is C47H53ClN6O5. The van der Waals surface area contributed by atoms with E-state index < -0.39 is 6.04 Å². The minimum atomic E-state index is -0.559. The predicted molar refractivity (Wildman–Crippen MR) is 231 cm³/mol. The number of hydrogen-bond acceptors (Lipinski definition) is 9. The second-order valence-corrected chi connectivity index (χ2v) is 18.5. The number of aromatic nitrogens is 1. The van der Waals surface area contributed by atoms with Crippen molar-refractivity contribution in [2.75, 3.05) is 55.6 Å². The van der Waals surface area contributed by atoms with Crippen LogP contribution in [0, 0.1) is 28.1 Å². The zero-order chi connectivity index (χ0) is 41.6. The number of piperidine rings is 1. The third-order valence-corrected chi connectivity index (χ3v) is 13.8. The number of pyridine rings is 1. The molecule has 59 heavy (non-hydrogen) atoms. The van der Waals surface area contributed by atoms with Gasteiger partial charge in [-0.2, -0.15) is 5.26 Å². The van der Waals surface area contributed by atoms with Crippen LogP contribution in [0.5, 0.6) is 5.75 Å². The summed E-state index contributed by atoms with van der Waals surface area (Å²) in [4.78, 5) is 58.5. The number of nitriles is 1. The number of nitrogens with one attached hydrogen (secondary N) is 1. The lowest BCUT2D eigenvalue weighted by molar-refractivity contribution is -0.164. The number of Topliss-reactive ketones (excluding diaryl/α,β-unsaturated/α-hetero) is 2. The maximum Gasteiger partial charge on any atom is 0.259 e. The predicted octanol–water partition coefficient (Wildman–Crippen LogP) is 7.04. The Labute approximate surface area is 350 Å². The lowest BCUT2D eigenvalue weighted by atomic mass is 9.49. The van der Waals surface area contributed by atoms with Crippen molar-refractivity contribution in [2.24, 2.45) is 16.7 Å². The molecule has 12 heteroatoms. The molecule has 3 aromatic carbocycles. The van der Waals surface area contributed by atoms with Crippen LogP contribution in [0.1, 0.15) is 81.8 Å². The van der Waals surface area contributed by atoms with Crippen LogP contribution in [0.25, 0.3) is 10.8 Å². The van der Waals surface area contributed by atoms with Crippen molar-refractivity contribution in [1.29, 1.82) is 5.26 Å². The van der Waals surface area contributed by atoms with E-state index in [0.29, 0.717) is 46.0 Å². The van der Waals surface area contributed by atoms with E-state index in [1.54, 1.807) is 24.4 Å². The highest BCUT2D eigenvalue weighted by Crippen LogP contribution is 2.55. The van der Waals surface area contributed by atoms with E-state index in [0.717, 1.165) is 75.4 Å². The molecule has 4 aromatic rings. The molecule has 2 aliphatic carbocycles. The van der Waals surface area contributed by atoms with Crippen molar-refractivity contribution >= 4 is 51.2 Å². The van der Waals surface area contributed by atoms with Crippen LogP contribution in [0.4, 0.5) is 11.4 Å². The minimum absolute atomic E-state index is 0.0480. The molecule has 4 fully saturated rings. The van der Waals surface area contributed by atoms with Crippen molar-refractivity contribution in [3.63, 3.8) is 0 Å². The molecule has 1 atom stereocenters. The van der Waals surface area contributed by atoms with Gasteiger partial charge in [-0.05, 0) is 91.2 Å². The first-order valence-corrected chi connectivity index (χ1v) is 21.3. The average Bonchev–Trinajstić information content (AvgIpc) is 3.22. The van der Waals surface area contributed by atoms with E-state index in [2.05, 4.69) is 72.0 Å². The summed E-state index contributed by atoms with van der Waals surface area (Å²) >= 11 is 6.26. The van der Waals surface area contributed by atoms with Crippen molar-refractivity contribution < 1.29 is 19.1 Å². The number of ketones is 2. The number of ether oxygens (including phenoxy) is 1. The Hall–Kier alpha value is -5.18. The van der Waals surface area contributed by atoms with Crippen LogP contribution in [0.2, 0.25) is 5.02 Å². The summed E-state index contributed by atoms with van der Waals surface area (Å²) in [5.74, 6) is 0.922. The monoisotopic (exact) mass is 816 g/mol. The first-order valence-electron chi connectivity index (χ1n) is 20.9. The highest BCUT2D eigenvalue weighted by atomic mass is 35.5. The van der Waals surface area contributed by atoms with Gasteiger partial charge in [-0.3, -0.25) is 24.1 Å². The zero-order valence-electron chi connectivity index (χ0n) is 34.4. The number of anilines is 2. The van der Waals surface area contributed by atoms with Gasteiger partial charge in [0.15, 0.2) is 5.78 Å². The number of nitrogens with zero attached hydrogens (tertiary/aromatic N) is 5. The lowest BCUT2D eigenvalue weighted by Gasteiger charge is -2.63. The second-order valence-electron chi connectivity index (χ2n) is 18.1. The molecule has 1 N–H and O–H groups in total. The van der Waals surface area contributed by atoms with E-state index in [4.69, 9.17) is 16.3 Å². The summed E-state index contributed by atoms with van der Waals surface area (Å²) in [6.45, 7) is 15.3. The Kier molecular flexibility index (Phi) is 11.1. The van der Waals surface area contributed by atoms with Crippen LogP contribution < -0.4 is 25.4 Å². The number of carbonyl (C=O) groups excluding carboxylic acids is 3. The molecule has 2 aliphatic heterocycles. The maximum atomic E-state index is 13.5. The van der Waals surface area contributed by atoms with Gasteiger partial charge < -0.3 is 24.4 Å². The van der Waals surface area contributed by atoms with E-state index in [-0.39, 0.29) is 52.4 Å². The minimum Gasteiger partial charge on any atom is -0.489 e. The number of halogens is 1. The van der Waals surface area contributed by atoms with Gasteiger partial charge in [0.05, 0.1) is 23.0 Å². The van der Waals surface area contributed by atoms with Crippen molar-refractivity contribution in [3.8, 4) is 11.8 Å². The van der Waals surface area contributed by atoms with Gasteiger partial charge in [-0.1, -0.05) is 39.3 Å². The van der Waals surface area contributed by atoms with Crippen LogP contribution >= 0.6 is 11.6 Å². The molecule has 1 amide bonds. The Morgan fingerprint density at radius 1 is 0.847 bits per heavy atom. The summed E-state index contributed by atoms with van der Waals surface area (Å²) < 4.78 is 7.91. The molecule has 2 saturated carbocycles. The SMILES string of the molecule is CC1(C)C(NC(=O)c2ccc(N3CCC(CN4CCN(c5ccc6c(=O)n(C7CCC(=O)CC7=O)ccc6c5)CC4)CC3)cc2)C(C)(C)C1Oc1ccc(C#N)c(Cl)c1. The molecule has 3 heterocycles. The van der Waals surface area contributed by atoms with Crippen molar-refractivity contribution in [1.82, 2.24) is 14.8 Å². The van der Waals surface area contributed by atoms with E-state index in [1.165, 1.54) is 4.57 Å². The second kappa shape index (κ2) is 16.1. The number of carbonyl (C=O) groups is 3. The number of piperazine rings is 1. The number of benzene rings is 3. The molecule has 0 bridgehead atoms. The highest BCUT2D eigenvalue weighted by molar-refractivity contribution is 6.31. The van der Waals surface area contributed by atoms with Gasteiger partial charge in [0.25, 0.3) is 11.5 Å². The number of hydrogen-bond donors (Lipinski definition) is 1. The molecular weight excluding hydrogens is 764 g/mol. The fourth-order valence-corrected chi connectivity index (χ4v) is 10.6. The standard InChI is InChI=1S/C47H53ClN6O5/c1-46(2)44(47(3,4)45(46)59-37-12-7-33(28-49)39(48)27-37)50-42(57)31-5-8-34(9-6-31)52-18-15-30(16-19-52)29-51-21-23-53(24-22-51)35-10-13-38-32(25-35)17-20-54(43(38)58)40-14-11-36(55)26-41(40)56/h5-10,12-13,17,20,25,27,30,40,44-45H,11,14-16,18-19,21-24,26,29H2,1-4H3,(H,50,57). The summed E-state index contributed by atoms with van der Waals surface area (Å²) in [5, 5.41) is 14.3. The average molecular weight is 817 g/mol. The molecule has 4 aliphatic rings. The molecule has 1 unspecified atom stereocenters. The number of fused-ring (bicyclic) bond motifs is 1. The molecule has 11 nitrogen and oxygen atoms in total. The number of rotatable bonds is 9. The molecule has 308 valence electrons. The number of amides is 1. The molecule has 0 radical (unpaired) electrons. The van der Waals surface area contributed by atoms with Crippen LogP contribution in [-0.4, -0.2) is 84.9 Å². The molecule has 0 spiro atoms. The summed E-state index contributed by atoms with van der Waals surface area (Å²) in [6, 6.07) is 22.4. The normalized spacial score (nSPS) is 23.4. The van der Waals surface area contributed by atoms with Crippen LogP contribution in [0.15, 0.2) is 77.7 Å². The van der Waals surface area contributed by atoms with Gasteiger partial charge in [-0.15, -0.1) is 0 Å². The quantitative estimate of drug-likeness (QED) is 0.177. The van der Waals surface area contributed by atoms with E-state index in [9.17, 15) is 24.4 Å². The summed E-state index contributed by atoms with van der Waals surface area (Å²) in [7, 11) is 0. The molecule has 8 rings (SSSR count). The largest absolute Gasteiger partial charge is 0.489 e. The zero-order valence-corrected chi connectivity index (χ0v) is 35.1. The third-order valence-electron chi connectivity index (χ3n) is 13.5. The Morgan fingerprint density at radius 3 is 2.19 bits per heavy atom. The highest BCUT2D eigenvalue weighted by Gasteiger charge is 2.64.